The van der Waals surface area contributed by atoms with Crippen LogP contribution in [-0.2, 0) is 4.79 Å². The first-order valence-electron chi connectivity index (χ1n) is 4.77. The smallest absolute Gasteiger partial charge is 0.318 e. The molecule has 0 saturated heterocycles. The van der Waals surface area contributed by atoms with Crippen LogP contribution in [0.3, 0.4) is 0 Å². The Morgan fingerprint density at radius 1 is 1.28 bits per heavy atom. The van der Waals surface area contributed by atoms with E-state index < -0.39 is 17.0 Å². The van der Waals surface area contributed by atoms with Gasteiger partial charge in [0.05, 0.1) is 4.92 Å². The Hall–Kier alpha value is -2.12. The standard InChI is InChI=1S/C10H9F3N2O3/c1-5-6(2)8(15(17)18)4-3-7(5)14-9(16)10(11,12)13/h3-4H,1-2H3,(H,14,16). The second kappa shape index (κ2) is 4.63. The summed E-state index contributed by atoms with van der Waals surface area (Å²) >= 11 is 0. The van der Waals surface area contributed by atoms with Gasteiger partial charge >= 0.3 is 12.1 Å². The monoisotopic (exact) mass is 262 g/mol. The van der Waals surface area contributed by atoms with Gasteiger partial charge in [0.1, 0.15) is 0 Å². The molecule has 0 aromatic heterocycles. The highest BCUT2D eigenvalue weighted by Gasteiger charge is 2.39. The van der Waals surface area contributed by atoms with Gasteiger partial charge in [-0.2, -0.15) is 13.2 Å². The van der Waals surface area contributed by atoms with E-state index >= 15 is 0 Å². The van der Waals surface area contributed by atoms with Crippen LogP contribution in [0.5, 0.6) is 0 Å². The maximum atomic E-state index is 12.1. The van der Waals surface area contributed by atoms with Gasteiger partial charge in [0.25, 0.3) is 5.69 Å². The third-order valence-corrected chi connectivity index (χ3v) is 2.46. The lowest BCUT2D eigenvalue weighted by molar-refractivity contribution is -0.385. The van der Waals surface area contributed by atoms with E-state index in [2.05, 4.69) is 0 Å². The number of anilines is 1. The fourth-order valence-electron chi connectivity index (χ4n) is 1.33. The van der Waals surface area contributed by atoms with Crippen LogP contribution in [-0.4, -0.2) is 17.0 Å². The van der Waals surface area contributed by atoms with Crippen LogP contribution in [0.4, 0.5) is 24.5 Å². The summed E-state index contributed by atoms with van der Waals surface area (Å²) in [6.45, 7) is 2.80. The van der Waals surface area contributed by atoms with Crippen molar-refractivity contribution in [1.29, 1.82) is 0 Å². The van der Waals surface area contributed by atoms with Gasteiger partial charge in [-0.15, -0.1) is 0 Å². The van der Waals surface area contributed by atoms with E-state index in [0.717, 1.165) is 12.1 Å². The maximum absolute atomic E-state index is 12.1. The van der Waals surface area contributed by atoms with Gasteiger partial charge in [-0.25, -0.2) is 0 Å². The number of hydrogen-bond donors (Lipinski definition) is 1. The number of carbonyl (C=O) groups is 1. The SMILES string of the molecule is Cc1c(NC(=O)C(F)(F)F)ccc([N+](=O)[O-])c1C. The Kier molecular flexibility index (Phi) is 3.59. The normalized spacial score (nSPS) is 11.2. The summed E-state index contributed by atoms with van der Waals surface area (Å²) in [6, 6.07) is 2.12. The fraction of sp³-hybridized carbons (Fsp3) is 0.300. The molecular formula is C10H9F3N2O3. The number of halogens is 3. The zero-order valence-electron chi connectivity index (χ0n) is 9.46. The van der Waals surface area contributed by atoms with Gasteiger partial charge in [-0.05, 0) is 25.5 Å². The van der Waals surface area contributed by atoms with Gasteiger partial charge in [-0.1, -0.05) is 0 Å². The summed E-state index contributed by atoms with van der Waals surface area (Å²) in [5, 5.41) is 12.3. The molecule has 0 fully saturated rings. The first kappa shape index (κ1) is 13.9. The molecule has 8 heteroatoms. The number of carbonyl (C=O) groups excluding carboxylic acids is 1. The molecule has 0 aliphatic carbocycles. The summed E-state index contributed by atoms with van der Waals surface area (Å²) in [5.74, 6) is -2.11. The third kappa shape index (κ3) is 2.76. The van der Waals surface area contributed by atoms with E-state index in [1.54, 1.807) is 5.32 Å². The quantitative estimate of drug-likeness (QED) is 0.657. The Morgan fingerprint density at radius 2 is 1.83 bits per heavy atom. The van der Waals surface area contributed by atoms with E-state index in [4.69, 9.17) is 0 Å². The van der Waals surface area contributed by atoms with Gasteiger partial charge in [-0.3, -0.25) is 14.9 Å². The summed E-state index contributed by atoms with van der Waals surface area (Å²) in [7, 11) is 0. The lowest BCUT2D eigenvalue weighted by Crippen LogP contribution is -2.30. The molecule has 1 aromatic carbocycles. The van der Waals surface area contributed by atoms with E-state index in [-0.39, 0.29) is 22.5 Å². The lowest BCUT2D eigenvalue weighted by atomic mass is 10.1. The van der Waals surface area contributed by atoms with Gasteiger partial charge in [0.15, 0.2) is 0 Å². The first-order chi connectivity index (χ1) is 8.14. The molecule has 18 heavy (non-hydrogen) atoms. The lowest BCUT2D eigenvalue weighted by Gasteiger charge is -2.12. The highest BCUT2D eigenvalue weighted by Crippen LogP contribution is 2.28. The number of nitro groups is 1. The largest absolute Gasteiger partial charge is 0.471 e. The summed E-state index contributed by atoms with van der Waals surface area (Å²) in [6.07, 6.45) is -5.00. The number of nitrogens with one attached hydrogen (secondary N) is 1. The molecule has 0 saturated carbocycles. The Bertz CT molecular complexity index is 512. The highest BCUT2D eigenvalue weighted by atomic mass is 19.4. The molecule has 1 aromatic rings. The molecule has 0 unspecified atom stereocenters. The minimum absolute atomic E-state index is 0.0968. The molecule has 1 amide bonds. The molecule has 1 rings (SSSR count). The number of nitro benzene ring substituents is 1. The van der Waals surface area contributed by atoms with E-state index in [0.29, 0.717) is 0 Å². The first-order valence-corrected chi connectivity index (χ1v) is 4.77. The van der Waals surface area contributed by atoms with Gasteiger partial charge < -0.3 is 5.32 Å². The van der Waals surface area contributed by atoms with Crippen molar-refractivity contribution in [1.82, 2.24) is 0 Å². The van der Waals surface area contributed by atoms with Crippen molar-refractivity contribution in [3.05, 3.63) is 33.4 Å². The average molecular weight is 262 g/mol. The minimum atomic E-state index is -5.00. The van der Waals surface area contributed by atoms with E-state index in [9.17, 15) is 28.1 Å². The van der Waals surface area contributed by atoms with E-state index in [1.807, 2.05) is 0 Å². The van der Waals surface area contributed by atoms with Crippen LogP contribution in [0.1, 0.15) is 11.1 Å². The minimum Gasteiger partial charge on any atom is -0.318 e. The molecular weight excluding hydrogens is 253 g/mol. The second-order valence-electron chi connectivity index (χ2n) is 3.59. The zero-order chi connectivity index (χ0) is 14.1. The molecule has 0 atom stereocenters. The highest BCUT2D eigenvalue weighted by molar-refractivity contribution is 5.95. The predicted octanol–water partition coefficient (Wildman–Crippen LogP) is 2.71. The molecule has 1 N–H and O–H groups in total. The van der Waals surface area contributed by atoms with Crippen LogP contribution in [0.15, 0.2) is 12.1 Å². The van der Waals surface area contributed by atoms with Crippen molar-refractivity contribution in [2.75, 3.05) is 5.32 Å². The van der Waals surface area contributed by atoms with Crippen molar-refractivity contribution in [3.8, 4) is 0 Å². The Morgan fingerprint density at radius 3 is 2.28 bits per heavy atom. The summed E-state index contributed by atoms with van der Waals surface area (Å²) < 4.78 is 36.2. The van der Waals surface area contributed by atoms with Gasteiger partial charge in [0, 0.05) is 17.3 Å². The molecule has 5 nitrogen and oxygen atoms in total. The third-order valence-electron chi connectivity index (χ3n) is 2.46. The number of nitrogens with zero attached hydrogens (tertiary/aromatic N) is 1. The molecule has 0 radical (unpaired) electrons. The van der Waals surface area contributed by atoms with Crippen molar-refractivity contribution < 1.29 is 22.9 Å². The Balaban J connectivity index is 3.11. The molecule has 0 heterocycles. The predicted molar refractivity (Wildman–Crippen MR) is 57.3 cm³/mol. The van der Waals surface area contributed by atoms with E-state index in [1.165, 1.54) is 13.8 Å². The van der Waals surface area contributed by atoms with Crippen LogP contribution >= 0.6 is 0 Å². The Labute approximate surface area is 99.8 Å². The van der Waals surface area contributed by atoms with Crippen molar-refractivity contribution >= 4 is 17.3 Å². The number of rotatable bonds is 2. The van der Waals surface area contributed by atoms with Crippen LogP contribution < -0.4 is 5.32 Å². The topological polar surface area (TPSA) is 72.2 Å². The van der Waals surface area contributed by atoms with Crippen molar-refractivity contribution in [2.24, 2.45) is 0 Å². The number of alkyl halides is 3. The number of benzene rings is 1. The van der Waals surface area contributed by atoms with Crippen LogP contribution in [0.2, 0.25) is 0 Å². The van der Waals surface area contributed by atoms with Crippen LogP contribution in [0.25, 0.3) is 0 Å². The number of hydrogen-bond acceptors (Lipinski definition) is 3. The van der Waals surface area contributed by atoms with Crippen LogP contribution in [0, 0.1) is 24.0 Å². The second-order valence-corrected chi connectivity index (χ2v) is 3.59. The number of amides is 1. The van der Waals surface area contributed by atoms with Gasteiger partial charge in [0.2, 0.25) is 0 Å². The maximum Gasteiger partial charge on any atom is 0.471 e. The van der Waals surface area contributed by atoms with Crippen molar-refractivity contribution in [3.63, 3.8) is 0 Å². The molecule has 0 aliphatic heterocycles. The molecule has 0 spiro atoms. The summed E-state index contributed by atoms with van der Waals surface area (Å²) in [5.41, 5.74) is 0.125. The summed E-state index contributed by atoms with van der Waals surface area (Å²) in [4.78, 5) is 20.7. The fourth-order valence-corrected chi connectivity index (χ4v) is 1.33. The molecule has 0 bridgehead atoms. The zero-order valence-corrected chi connectivity index (χ0v) is 9.46. The molecule has 0 aliphatic rings. The van der Waals surface area contributed by atoms with Crippen molar-refractivity contribution in [2.45, 2.75) is 20.0 Å². The molecule has 98 valence electrons. The average Bonchev–Trinajstić information content (AvgIpc) is 2.22.